The molecule has 2 nitrogen and oxygen atoms in total. The number of benzene rings is 1. The zero-order valence-corrected chi connectivity index (χ0v) is 10.7. The summed E-state index contributed by atoms with van der Waals surface area (Å²) >= 11 is 0.711. The summed E-state index contributed by atoms with van der Waals surface area (Å²) in [4.78, 5) is 4.10. The lowest BCUT2D eigenvalue weighted by Gasteiger charge is -2.25. The van der Waals surface area contributed by atoms with Crippen LogP contribution in [-0.2, 0) is 12.6 Å². The first-order chi connectivity index (χ1) is 9.05. The van der Waals surface area contributed by atoms with Crippen molar-refractivity contribution in [2.75, 3.05) is 6.54 Å². The van der Waals surface area contributed by atoms with Gasteiger partial charge in [0.05, 0.1) is 6.04 Å². The third-order valence-corrected chi connectivity index (χ3v) is 4.27. The number of aromatic nitrogens is 1. The summed E-state index contributed by atoms with van der Waals surface area (Å²) < 4.78 is 37.8. The quantitative estimate of drug-likeness (QED) is 0.868. The number of halogens is 3. The van der Waals surface area contributed by atoms with Gasteiger partial charge in [0, 0.05) is 17.6 Å². The molecule has 1 aromatic carbocycles. The molecule has 0 saturated heterocycles. The minimum absolute atomic E-state index is 0.182. The number of hydrogen-bond donors (Lipinski definition) is 1. The number of rotatable bonds is 1. The van der Waals surface area contributed by atoms with E-state index in [9.17, 15) is 13.2 Å². The Morgan fingerprint density at radius 2 is 2.05 bits per heavy atom. The second kappa shape index (κ2) is 4.61. The van der Waals surface area contributed by atoms with E-state index in [1.807, 2.05) is 24.3 Å². The maximum atomic E-state index is 12.6. The normalized spacial score (nSPS) is 19.2. The van der Waals surface area contributed by atoms with Crippen LogP contribution in [0.4, 0.5) is 13.2 Å². The summed E-state index contributed by atoms with van der Waals surface area (Å²) in [5.41, 5.74) is 2.24. The summed E-state index contributed by atoms with van der Waals surface area (Å²) in [6.07, 6.45) is -2.14. The molecule has 0 aliphatic carbocycles. The van der Waals surface area contributed by atoms with Crippen molar-refractivity contribution in [1.82, 2.24) is 10.3 Å². The first-order valence-electron chi connectivity index (χ1n) is 5.90. The van der Waals surface area contributed by atoms with Gasteiger partial charge >= 0.3 is 6.18 Å². The van der Waals surface area contributed by atoms with Crippen molar-refractivity contribution in [3.8, 4) is 0 Å². The Kier molecular flexibility index (Phi) is 3.06. The average molecular weight is 284 g/mol. The predicted molar refractivity (Wildman–Crippen MR) is 67.1 cm³/mol. The van der Waals surface area contributed by atoms with E-state index in [-0.39, 0.29) is 6.04 Å². The highest BCUT2D eigenvalue weighted by atomic mass is 32.1. The van der Waals surface area contributed by atoms with E-state index in [0.29, 0.717) is 16.2 Å². The summed E-state index contributed by atoms with van der Waals surface area (Å²) in [6.45, 7) is 0.765. The van der Waals surface area contributed by atoms with Crippen LogP contribution in [0.2, 0.25) is 0 Å². The average Bonchev–Trinajstić information content (AvgIpc) is 2.87. The molecule has 1 aliphatic rings. The van der Waals surface area contributed by atoms with Crippen LogP contribution in [0, 0.1) is 0 Å². The molecule has 1 aliphatic heterocycles. The number of nitrogens with one attached hydrogen (secondary N) is 1. The zero-order chi connectivity index (χ0) is 13.5. The predicted octanol–water partition coefficient (Wildman–Crippen LogP) is 3.40. The molecule has 19 heavy (non-hydrogen) atoms. The van der Waals surface area contributed by atoms with Gasteiger partial charge in [0.15, 0.2) is 5.01 Å². The molecule has 0 bridgehead atoms. The topological polar surface area (TPSA) is 24.9 Å². The minimum atomic E-state index is -4.36. The maximum Gasteiger partial charge on any atom is 0.443 e. The van der Waals surface area contributed by atoms with E-state index in [1.165, 1.54) is 11.8 Å². The highest BCUT2D eigenvalue weighted by molar-refractivity contribution is 7.11. The van der Waals surface area contributed by atoms with Gasteiger partial charge in [0.25, 0.3) is 0 Å². The summed E-state index contributed by atoms with van der Waals surface area (Å²) in [7, 11) is 0. The molecule has 1 aromatic heterocycles. The van der Waals surface area contributed by atoms with Crippen LogP contribution in [-0.4, -0.2) is 11.5 Å². The molecule has 0 spiro atoms. The molecule has 2 heterocycles. The smallest absolute Gasteiger partial charge is 0.305 e. The monoisotopic (exact) mass is 284 g/mol. The molecule has 100 valence electrons. The molecule has 6 heteroatoms. The highest BCUT2D eigenvalue weighted by Crippen LogP contribution is 2.37. The van der Waals surface area contributed by atoms with Crippen LogP contribution in [0.5, 0.6) is 0 Å². The molecule has 0 fully saturated rings. The van der Waals surface area contributed by atoms with Crippen molar-refractivity contribution < 1.29 is 13.2 Å². The van der Waals surface area contributed by atoms with E-state index in [0.717, 1.165) is 18.5 Å². The largest absolute Gasteiger partial charge is 0.443 e. The zero-order valence-electron chi connectivity index (χ0n) is 9.87. The first-order valence-corrected chi connectivity index (χ1v) is 6.71. The van der Waals surface area contributed by atoms with Gasteiger partial charge in [-0.1, -0.05) is 24.3 Å². The molecule has 0 saturated carbocycles. The highest BCUT2D eigenvalue weighted by Gasteiger charge is 2.35. The fourth-order valence-electron chi connectivity index (χ4n) is 2.31. The van der Waals surface area contributed by atoms with Crippen molar-refractivity contribution in [2.24, 2.45) is 0 Å². The van der Waals surface area contributed by atoms with Gasteiger partial charge in [0.2, 0.25) is 0 Å². The van der Waals surface area contributed by atoms with Crippen LogP contribution in [0.15, 0.2) is 30.5 Å². The Hall–Kier alpha value is -1.40. The van der Waals surface area contributed by atoms with Crippen molar-refractivity contribution in [1.29, 1.82) is 0 Å². The maximum absolute atomic E-state index is 12.6. The summed E-state index contributed by atoms with van der Waals surface area (Å²) in [6, 6.07) is 7.66. The van der Waals surface area contributed by atoms with Crippen LogP contribution in [0.1, 0.15) is 27.1 Å². The van der Waals surface area contributed by atoms with E-state index in [4.69, 9.17) is 0 Å². The van der Waals surface area contributed by atoms with E-state index in [2.05, 4.69) is 10.3 Å². The van der Waals surface area contributed by atoms with Gasteiger partial charge < -0.3 is 5.32 Å². The lowest BCUT2D eigenvalue weighted by atomic mass is 9.94. The second-order valence-corrected chi connectivity index (χ2v) is 5.46. The van der Waals surface area contributed by atoms with Crippen LogP contribution in [0.3, 0.4) is 0 Å². The Balaban J connectivity index is 1.98. The van der Waals surface area contributed by atoms with Crippen molar-refractivity contribution in [3.63, 3.8) is 0 Å². The number of nitrogens with zero attached hydrogens (tertiary/aromatic N) is 1. The minimum Gasteiger partial charge on any atom is -0.305 e. The molecule has 1 atom stereocenters. The second-order valence-electron chi connectivity index (χ2n) is 4.40. The lowest BCUT2D eigenvalue weighted by molar-refractivity contribution is -0.137. The Labute approximate surface area is 112 Å². The van der Waals surface area contributed by atoms with Crippen molar-refractivity contribution in [2.45, 2.75) is 18.6 Å². The van der Waals surface area contributed by atoms with Gasteiger partial charge in [0.1, 0.15) is 0 Å². The van der Waals surface area contributed by atoms with Crippen LogP contribution >= 0.6 is 11.3 Å². The van der Waals surface area contributed by atoms with Gasteiger partial charge in [-0.2, -0.15) is 13.2 Å². The Morgan fingerprint density at radius 1 is 1.26 bits per heavy atom. The number of hydrogen-bond acceptors (Lipinski definition) is 3. The molecular weight excluding hydrogens is 273 g/mol. The fourth-order valence-corrected chi connectivity index (χ4v) is 3.19. The molecular formula is C13H11F3N2S. The SMILES string of the molecule is FC(F)(F)c1ncc(C2NCCc3ccccc32)s1. The number of fused-ring (bicyclic) bond motifs is 1. The summed E-state index contributed by atoms with van der Waals surface area (Å²) in [5.74, 6) is 0. The van der Waals surface area contributed by atoms with Crippen LogP contribution < -0.4 is 5.32 Å². The Bertz CT molecular complexity index is 592. The molecule has 1 N–H and O–H groups in total. The number of alkyl halides is 3. The molecule has 0 amide bonds. The third kappa shape index (κ3) is 2.37. The van der Waals surface area contributed by atoms with Crippen LogP contribution in [0.25, 0.3) is 0 Å². The molecule has 0 radical (unpaired) electrons. The fraction of sp³-hybridized carbons (Fsp3) is 0.308. The lowest BCUT2D eigenvalue weighted by Crippen LogP contribution is -2.29. The Morgan fingerprint density at radius 3 is 2.79 bits per heavy atom. The third-order valence-electron chi connectivity index (χ3n) is 3.16. The van der Waals surface area contributed by atoms with Gasteiger partial charge in [-0.15, -0.1) is 11.3 Å². The van der Waals surface area contributed by atoms with Crippen molar-refractivity contribution in [3.05, 3.63) is 51.5 Å². The molecule has 2 aromatic rings. The number of thiazole rings is 1. The first kappa shape index (κ1) is 12.6. The molecule has 3 rings (SSSR count). The van der Waals surface area contributed by atoms with Gasteiger partial charge in [-0.25, -0.2) is 4.98 Å². The standard InChI is InChI=1S/C13H11F3N2S/c14-13(15,16)12-18-7-10(19-12)11-9-4-2-1-3-8(9)5-6-17-11/h1-4,7,11,17H,5-6H2. The van der Waals surface area contributed by atoms with Gasteiger partial charge in [-0.3, -0.25) is 0 Å². The molecule has 1 unspecified atom stereocenters. The van der Waals surface area contributed by atoms with Crippen molar-refractivity contribution >= 4 is 11.3 Å². The summed E-state index contributed by atoms with van der Waals surface area (Å²) in [5, 5.41) is 2.47. The van der Waals surface area contributed by atoms with E-state index in [1.54, 1.807) is 0 Å². The van der Waals surface area contributed by atoms with E-state index >= 15 is 0 Å². The van der Waals surface area contributed by atoms with Gasteiger partial charge in [-0.05, 0) is 17.5 Å². The van der Waals surface area contributed by atoms with E-state index < -0.39 is 11.2 Å².